The zero-order chi connectivity index (χ0) is 18.2. The molecular weight excluding hydrogens is 320 g/mol. The van der Waals surface area contributed by atoms with E-state index in [-0.39, 0.29) is 11.4 Å². The molecule has 0 aliphatic heterocycles. The minimum Gasteiger partial charge on any atom is -0.376 e. The summed E-state index contributed by atoms with van der Waals surface area (Å²) < 4.78 is 30.5. The third-order valence-corrected chi connectivity index (χ3v) is 5.82. The summed E-state index contributed by atoms with van der Waals surface area (Å²) in [6.07, 6.45) is 5.63. The highest BCUT2D eigenvalue weighted by Gasteiger charge is 2.17. The van der Waals surface area contributed by atoms with Gasteiger partial charge in [0.2, 0.25) is 0 Å². The summed E-state index contributed by atoms with van der Waals surface area (Å²) in [5.41, 5.74) is 2.16. The lowest BCUT2D eigenvalue weighted by Gasteiger charge is -2.24. The van der Waals surface area contributed by atoms with Gasteiger partial charge in [0, 0.05) is 6.61 Å². The third kappa shape index (κ3) is 7.18. The fraction of sp³-hybridized carbons (Fsp3) is 0.600. The standard InChI is InChI=1S/C20H32O3S/c1-6-18-10-12-19(13-11-18)24(21,22)16-14-17(3)9-8-15-20(4,5)23-7-2/h10-14H,6-9,15-16H2,1-5H3. The molecule has 0 unspecified atom stereocenters. The lowest BCUT2D eigenvalue weighted by Crippen LogP contribution is -2.24. The van der Waals surface area contributed by atoms with Gasteiger partial charge in [-0.2, -0.15) is 0 Å². The normalized spacial score (nSPS) is 13.3. The molecule has 0 N–H and O–H groups in total. The van der Waals surface area contributed by atoms with Crippen LogP contribution < -0.4 is 0 Å². The van der Waals surface area contributed by atoms with Crippen LogP contribution in [0, 0.1) is 0 Å². The van der Waals surface area contributed by atoms with Crippen molar-refractivity contribution in [1.29, 1.82) is 0 Å². The number of aryl methyl sites for hydroxylation is 1. The molecule has 0 fully saturated rings. The van der Waals surface area contributed by atoms with Crippen molar-refractivity contribution in [3.63, 3.8) is 0 Å². The van der Waals surface area contributed by atoms with Crippen LogP contribution in [0.2, 0.25) is 0 Å². The molecule has 1 aromatic carbocycles. The first-order chi connectivity index (χ1) is 11.2. The first-order valence-electron chi connectivity index (χ1n) is 8.81. The maximum absolute atomic E-state index is 12.4. The number of hydrogen-bond acceptors (Lipinski definition) is 3. The van der Waals surface area contributed by atoms with Crippen molar-refractivity contribution in [1.82, 2.24) is 0 Å². The molecule has 0 bridgehead atoms. The Labute approximate surface area is 148 Å². The Kier molecular flexibility index (Phi) is 8.17. The van der Waals surface area contributed by atoms with Crippen molar-refractivity contribution in [2.75, 3.05) is 12.4 Å². The van der Waals surface area contributed by atoms with Crippen molar-refractivity contribution < 1.29 is 13.2 Å². The lowest BCUT2D eigenvalue weighted by atomic mass is 9.99. The Bertz CT molecular complexity index is 625. The second kappa shape index (κ2) is 9.38. The van der Waals surface area contributed by atoms with Gasteiger partial charge in [-0.1, -0.05) is 30.7 Å². The van der Waals surface area contributed by atoms with Gasteiger partial charge in [-0.15, -0.1) is 0 Å². The van der Waals surface area contributed by atoms with E-state index in [1.165, 1.54) is 0 Å². The Morgan fingerprint density at radius 2 is 1.79 bits per heavy atom. The van der Waals surface area contributed by atoms with Crippen LogP contribution in [0.25, 0.3) is 0 Å². The largest absolute Gasteiger partial charge is 0.376 e. The Morgan fingerprint density at radius 1 is 1.17 bits per heavy atom. The molecular formula is C20H32O3S. The molecule has 0 aliphatic rings. The molecule has 0 aromatic heterocycles. The first-order valence-corrected chi connectivity index (χ1v) is 10.5. The molecule has 3 nitrogen and oxygen atoms in total. The van der Waals surface area contributed by atoms with Crippen molar-refractivity contribution in [2.45, 2.75) is 70.8 Å². The van der Waals surface area contributed by atoms with Gasteiger partial charge in [-0.3, -0.25) is 0 Å². The van der Waals surface area contributed by atoms with Gasteiger partial charge in [-0.25, -0.2) is 8.42 Å². The summed E-state index contributed by atoms with van der Waals surface area (Å²) in [6.45, 7) is 11.0. The van der Waals surface area contributed by atoms with Crippen LogP contribution in [0.1, 0.15) is 59.4 Å². The van der Waals surface area contributed by atoms with Crippen LogP contribution in [0.5, 0.6) is 0 Å². The minimum absolute atomic E-state index is 0.0686. The van der Waals surface area contributed by atoms with Crippen molar-refractivity contribution >= 4 is 9.84 Å². The summed E-state index contributed by atoms with van der Waals surface area (Å²) in [5, 5.41) is 0. The van der Waals surface area contributed by atoms with Crippen molar-refractivity contribution in [2.24, 2.45) is 0 Å². The van der Waals surface area contributed by atoms with Gasteiger partial charge >= 0.3 is 0 Å². The molecule has 0 radical (unpaired) electrons. The summed E-state index contributed by atoms with van der Waals surface area (Å²) in [5.74, 6) is 0.0686. The molecule has 0 aliphatic carbocycles. The smallest absolute Gasteiger partial charge is 0.181 e. The predicted octanol–water partition coefficient (Wildman–Crippen LogP) is 4.95. The molecule has 0 spiro atoms. The summed E-state index contributed by atoms with van der Waals surface area (Å²) in [6, 6.07) is 7.20. The van der Waals surface area contributed by atoms with E-state index in [1.54, 1.807) is 12.1 Å². The predicted molar refractivity (Wildman–Crippen MR) is 101 cm³/mol. The van der Waals surface area contributed by atoms with Crippen LogP contribution in [-0.4, -0.2) is 26.4 Å². The van der Waals surface area contributed by atoms with E-state index in [0.29, 0.717) is 4.90 Å². The molecule has 1 rings (SSSR count). The van der Waals surface area contributed by atoms with Gasteiger partial charge < -0.3 is 4.74 Å². The van der Waals surface area contributed by atoms with E-state index in [9.17, 15) is 8.42 Å². The number of benzene rings is 1. The SMILES string of the molecule is CCOC(C)(C)CCCC(C)=CCS(=O)(=O)c1ccc(CC)cc1. The Morgan fingerprint density at radius 3 is 2.33 bits per heavy atom. The molecule has 0 saturated heterocycles. The average molecular weight is 353 g/mol. The van der Waals surface area contributed by atoms with Crippen LogP contribution in [0.3, 0.4) is 0 Å². The minimum atomic E-state index is -3.24. The van der Waals surface area contributed by atoms with Gasteiger partial charge in [0.25, 0.3) is 0 Å². The second-order valence-corrected chi connectivity index (χ2v) is 8.91. The zero-order valence-corrected chi connectivity index (χ0v) is 16.6. The molecule has 0 atom stereocenters. The number of rotatable bonds is 10. The third-order valence-electron chi connectivity index (χ3n) is 4.23. The van der Waals surface area contributed by atoms with Gasteiger partial charge in [0.05, 0.1) is 16.2 Å². The van der Waals surface area contributed by atoms with Crippen LogP contribution in [0.15, 0.2) is 40.8 Å². The molecule has 4 heteroatoms. The second-order valence-electron chi connectivity index (χ2n) is 6.88. The van der Waals surface area contributed by atoms with E-state index in [0.717, 1.165) is 43.4 Å². The van der Waals surface area contributed by atoms with E-state index in [2.05, 4.69) is 20.8 Å². The van der Waals surface area contributed by atoms with Crippen molar-refractivity contribution in [3.8, 4) is 0 Å². The van der Waals surface area contributed by atoms with Gasteiger partial charge in [0.15, 0.2) is 9.84 Å². The maximum atomic E-state index is 12.4. The number of sulfone groups is 1. The number of hydrogen-bond donors (Lipinski definition) is 0. The summed E-state index contributed by atoms with van der Waals surface area (Å²) in [7, 11) is -3.24. The van der Waals surface area contributed by atoms with Crippen LogP contribution in [0.4, 0.5) is 0 Å². The van der Waals surface area contributed by atoms with E-state index in [4.69, 9.17) is 4.74 Å². The summed E-state index contributed by atoms with van der Waals surface area (Å²) in [4.78, 5) is 0.404. The van der Waals surface area contributed by atoms with E-state index >= 15 is 0 Å². The molecule has 24 heavy (non-hydrogen) atoms. The van der Waals surface area contributed by atoms with Gasteiger partial charge in [0.1, 0.15) is 0 Å². The van der Waals surface area contributed by atoms with E-state index in [1.807, 2.05) is 32.1 Å². The molecule has 0 heterocycles. The highest BCUT2D eigenvalue weighted by Crippen LogP contribution is 2.20. The first kappa shape index (κ1) is 20.9. The zero-order valence-electron chi connectivity index (χ0n) is 15.8. The summed E-state index contributed by atoms with van der Waals surface area (Å²) >= 11 is 0. The molecule has 1 aromatic rings. The fourth-order valence-electron chi connectivity index (χ4n) is 2.64. The van der Waals surface area contributed by atoms with Crippen LogP contribution in [-0.2, 0) is 21.0 Å². The highest BCUT2D eigenvalue weighted by atomic mass is 32.2. The maximum Gasteiger partial charge on any atom is 0.181 e. The Hall–Kier alpha value is -1.13. The monoisotopic (exact) mass is 352 g/mol. The highest BCUT2D eigenvalue weighted by molar-refractivity contribution is 7.91. The van der Waals surface area contributed by atoms with Crippen LogP contribution >= 0.6 is 0 Å². The number of allylic oxidation sites excluding steroid dienone is 1. The van der Waals surface area contributed by atoms with Crippen molar-refractivity contribution in [3.05, 3.63) is 41.5 Å². The topological polar surface area (TPSA) is 43.4 Å². The number of ether oxygens (including phenoxy) is 1. The average Bonchev–Trinajstić information content (AvgIpc) is 2.53. The van der Waals surface area contributed by atoms with Gasteiger partial charge in [-0.05, 0) is 71.1 Å². The lowest BCUT2D eigenvalue weighted by molar-refractivity contribution is -0.0173. The van der Waals surface area contributed by atoms with E-state index < -0.39 is 9.84 Å². The quantitative estimate of drug-likeness (QED) is 0.559. The molecule has 0 saturated carbocycles. The molecule has 136 valence electrons. The Balaban J connectivity index is 2.56. The fourth-order valence-corrected chi connectivity index (χ4v) is 3.89. The molecule has 0 amide bonds.